The summed E-state index contributed by atoms with van der Waals surface area (Å²) in [5.41, 5.74) is 4.62. The summed E-state index contributed by atoms with van der Waals surface area (Å²) in [6, 6.07) is 19.7. The monoisotopic (exact) mass is 512 g/mol. The van der Waals surface area contributed by atoms with Crippen LogP contribution in [-0.2, 0) is 11.3 Å². The molecular weight excluding hydrogens is 484 g/mol. The molecule has 0 aliphatic carbocycles. The van der Waals surface area contributed by atoms with Gasteiger partial charge in [-0.15, -0.1) is 10.2 Å². The lowest BCUT2D eigenvalue weighted by Crippen LogP contribution is -2.41. The molecule has 0 radical (unpaired) electrons. The van der Waals surface area contributed by atoms with Crippen LogP contribution in [0.15, 0.2) is 72.0 Å². The Balaban J connectivity index is 1.08. The summed E-state index contributed by atoms with van der Waals surface area (Å²) in [5.74, 6) is 2.63. The Labute approximate surface area is 220 Å². The van der Waals surface area contributed by atoms with Crippen molar-refractivity contribution in [2.75, 3.05) is 36.2 Å². The van der Waals surface area contributed by atoms with Gasteiger partial charge in [-0.05, 0) is 61.4 Å². The Hall–Kier alpha value is -3.85. The van der Waals surface area contributed by atoms with Crippen LogP contribution in [0.25, 0.3) is 22.5 Å². The molecule has 1 saturated heterocycles. The van der Waals surface area contributed by atoms with Crippen LogP contribution < -0.4 is 15.0 Å². The summed E-state index contributed by atoms with van der Waals surface area (Å²) in [6.07, 6.45) is 3.89. The van der Waals surface area contributed by atoms with Gasteiger partial charge in [0.05, 0.1) is 24.4 Å². The number of rotatable bonds is 6. The van der Waals surface area contributed by atoms with Gasteiger partial charge in [0.25, 0.3) is 0 Å². The van der Waals surface area contributed by atoms with Crippen LogP contribution in [0, 0.1) is 5.92 Å². The van der Waals surface area contributed by atoms with Gasteiger partial charge in [0.2, 0.25) is 5.91 Å². The molecule has 37 heavy (non-hydrogen) atoms. The summed E-state index contributed by atoms with van der Waals surface area (Å²) in [4.78, 5) is 19.9. The SMILES string of the molecule is COc1ccc(-c2ccc(N3CCCC(C(=O)Nc4ccc(-c5cn6c(n5)SCC6)cc4)C3)nn2)cc1. The molecule has 188 valence electrons. The maximum absolute atomic E-state index is 13.1. The van der Waals surface area contributed by atoms with Crippen molar-refractivity contribution >= 4 is 29.2 Å². The van der Waals surface area contributed by atoms with Gasteiger partial charge in [-0.1, -0.05) is 23.9 Å². The van der Waals surface area contributed by atoms with Crippen LogP contribution in [-0.4, -0.2) is 51.6 Å². The fourth-order valence-corrected chi connectivity index (χ4v) is 5.77. The Morgan fingerprint density at radius 3 is 2.49 bits per heavy atom. The zero-order valence-corrected chi connectivity index (χ0v) is 21.4. The summed E-state index contributed by atoms with van der Waals surface area (Å²) >= 11 is 1.79. The number of hydrogen-bond donors (Lipinski definition) is 1. The molecule has 1 atom stereocenters. The van der Waals surface area contributed by atoms with Crippen LogP contribution in [0.1, 0.15) is 12.8 Å². The van der Waals surface area contributed by atoms with E-state index in [9.17, 15) is 4.79 Å². The van der Waals surface area contributed by atoms with Gasteiger partial charge < -0.3 is 19.5 Å². The third-order valence-electron chi connectivity index (χ3n) is 6.90. The van der Waals surface area contributed by atoms with Crippen molar-refractivity contribution in [2.45, 2.75) is 24.5 Å². The molecule has 1 N–H and O–H groups in total. The van der Waals surface area contributed by atoms with Crippen LogP contribution in [0.2, 0.25) is 0 Å². The first kappa shape index (κ1) is 23.5. The van der Waals surface area contributed by atoms with Crippen molar-refractivity contribution < 1.29 is 9.53 Å². The quantitative estimate of drug-likeness (QED) is 0.390. The van der Waals surface area contributed by atoms with Crippen LogP contribution in [0.4, 0.5) is 11.5 Å². The van der Waals surface area contributed by atoms with Gasteiger partial charge in [0.1, 0.15) is 5.75 Å². The second kappa shape index (κ2) is 10.3. The maximum Gasteiger partial charge on any atom is 0.229 e. The van der Waals surface area contributed by atoms with E-state index in [1.165, 1.54) is 0 Å². The summed E-state index contributed by atoms with van der Waals surface area (Å²) in [6.45, 7) is 2.50. The number of ether oxygens (including phenoxy) is 1. The lowest BCUT2D eigenvalue weighted by molar-refractivity contribution is -0.120. The predicted octanol–water partition coefficient (Wildman–Crippen LogP) is 4.98. The number of aromatic nitrogens is 4. The molecule has 1 fully saturated rings. The van der Waals surface area contributed by atoms with Crippen LogP contribution in [0.3, 0.4) is 0 Å². The number of piperidine rings is 1. The number of amides is 1. The van der Waals surface area contributed by atoms with E-state index in [0.717, 1.165) is 76.6 Å². The highest BCUT2D eigenvalue weighted by Gasteiger charge is 2.27. The normalized spacial score (nSPS) is 16.9. The average molecular weight is 513 g/mol. The second-order valence-corrected chi connectivity index (χ2v) is 10.4. The number of thioether (sulfide) groups is 1. The lowest BCUT2D eigenvalue weighted by atomic mass is 9.97. The first-order valence-electron chi connectivity index (χ1n) is 12.5. The fraction of sp³-hybridized carbons (Fsp3) is 0.286. The van der Waals surface area contributed by atoms with E-state index in [4.69, 9.17) is 9.72 Å². The van der Waals surface area contributed by atoms with Crippen LogP contribution in [0.5, 0.6) is 5.75 Å². The van der Waals surface area contributed by atoms with Crippen LogP contribution >= 0.6 is 11.8 Å². The number of carbonyl (C=O) groups is 1. The Morgan fingerprint density at radius 2 is 1.76 bits per heavy atom. The number of nitrogens with zero attached hydrogens (tertiary/aromatic N) is 5. The zero-order valence-electron chi connectivity index (χ0n) is 20.6. The average Bonchev–Trinajstić information content (AvgIpc) is 3.57. The molecule has 4 heterocycles. The topological polar surface area (TPSA) is 85.2 Å². The summed E-state index contributed by atoms with van der Waals surface area (Å²) < 4.78 is 7.42. The van der Waals surface area contributed by atoms with Gasteiger partial charge in [0, 0.05) is 48.4 Å². The van der Waals surface area contributed by atoms with E-state index >= 15 is 0 Å². The van der Waals surface area contributed by atoms with Crippen molar-refractivity contribution in [3.8, 4) is 28.3 Å². The minimum atomic E-state index is -0.107. The third kappa shape index (κ3) is 5.04. The molecule has 2 aromatic carbocycles. The Morgan fingerprint density at radius 1 is 0.973 bits per heavy atom. The van der Waals surface area contributed by atoms with Crippen molar-refractivity contribution in [1.29, 1.82) is 0 Å². The molecule has 0 spiro atoms. The van der Waals surface area contributed by atoms with Crippen molar-refractivity contribution in [1.82, 2.24) is 19.7 Å². The molecule has 1 unspecified atom stereocenters. The highest BCUT2D eigenvalue weighted by atomic mass is 32.2. The zero-order chi connectivity index (χ0) is 25.2. The third-order valence-corrected chi connectivity index (χ3v) is 7.87. The lowest BCUT2D eigenvalue weighted by Gasteiger charge is -2.32. The van der Waals surface area contributed by atoms with Crippen molar-refractivity contribution in [3.63, 3.8) is 0 Å². The molecule has 2 aliphatic rings. The Kier molecular flexibility index (Phi) is 6.53. The smallest absolute Gasteiger partial charge is 0.229 e. The first-order valence-corrected chi connectivity index (χ1v) is 13.5. The number of carbonyl (C=O) groups excluding carboxylic acids is 1. The minimum absolute atomic E-state index is 0.0395. The molecule has 0 bridgehead atoms. The van der Waals surface area contributed by atoms with Crippen molar-refractivity contribution in [3.05, 3.63) is 66.9 Å². The van der Waals surface area contributed by atoms with Gasteiger partial charge in [-0.3, -0.25) is 4.79 Å². The highest BCUT2D eigenvalue weighted by molar-refractivity contribution is 7.99. The number of methoxy groups -OCH3 is 1. The number of fused-ring (bicyclic) bond motifs is 1. The van der Waals surface area contributed by atoms with Gasteiger partial charge in [-0.2, -0.15) is 0 Å². The predicted molar refractivity (Wildman–Crippen MR) is 146 cm³/mol. The fourth-order valence-electron chi connectivity index (χ4n) is 4.83. The molecule has 2 aromatic heterocycles. The minimum Gasteiger partial charge on any atom is -0.497 e. The molecule has 4 aromatic rings. The molecule has 8 nitrogen and oxygen atoms in total. The molecule has 6 rings (SSSR count). The number of benzene rings is 2. The van der Waals surface area contributed by atoms with Gasteiger partial charge in [-0.25, -0.2) is 4.98 Å². The molecular formula is C28H28N6O2S. The van der Waals surface area contributed by atoms with E-state index in [0.29, 0.717) is 6.54 Å². The molecule has 9 heteroatoms. The summed E-state index contributed by atoms with van der Waals surface area (Å²) in [7, 11) is 1.65. The summed E-state index contributed by atoms with van der Waals surface area (Å²) in [5, 5.41) is 13.1. The number of hydrogen-bond acceptors (Lipinski definition) is 7. The number of anilines is 2. The molecule has 1 amide bonds. The maximum atomic E-state index is 13.1. The molecule has 0 saturated carbocycles. The van der Waals surface area contributed by atoms with E-state index in [-0.39, 0.29) is 11.8 Å². The van der Waals surface area contributed by atoms with E-state index < -0.39 is 0 Å². The second-order valence-electron chi connectivity index (χ2n) is 9.31. The molecule has 2 aliphatic heterocycles. The van der Waals surface area contributed by atoms with Gasteiger partial charge in [0.15, 0.2) is 11.0 Å². The van der Waals surface area contributed by atoms with E-state index in [1.807, 2.05) is 60.7 Å². The van der Waals surface area contributed by atoms with E-state index in [2.05, 4.69) is 31.2 Å². The number of aryl methyl sites for hydroxylation is 1. The van der Waals surface area contributed by atoms with Gasteiger partial charge >= 0.3 is 0 Å². The standard InChI is InChI=1S/C28H28N6O2S/c1-36-23-10-6-19(7-11-23)24-12-13-26(32-31-24)33-14-2-3-21(17-33)27(35)29-22-8-4-20(5-9-22)25-18-34-15-16-37-28(34)30-25/h4-13,18,21H,2-3,14-17H2,1H3,(H,29,35). The largest absolute Gasteiger partial charge is 0.497 e. The van der Waals surface area contributed by atoms with Crippen molar-refractivity contribution in [2.24, 2.45) is 5.92 Å². The first-order chi connectivity index (χ1) is 18.2. The Bertz CT molecular complexity index is 1360. The highest BCUT2D eigenvalue weighted by Crippen LogP contribution is 2.30. The number of nitrogens with one attached hydrogen (secondary N) is 1. The number of imidazole rings is 1. The van der Waals surface area contributed by atoms with E-state index in [1.54, 1.807) is 18.9 Å².